The van der Waals surface area contributed by atoms with Crippen LogP contribution in [-0.4, -0.2) is 53.3 Å². The second-order valence-corrected chi connectivity index (χ2v) is 5.38. The van der Waals surface area contributed by atoms with E-state index in [2.05, 4.69) is 37.3 Å². The number of aromatic nitrogens is 3. The molecule has 1 aromatic carbocycles. The summed E-state index contributed by atoms with van der Waals surface area (Å²) < 4.78 is 13.6. The van der Waals surface area contributed by atoms with Gasteiger partial charge in [0.05, 0.1) is 6.20 Å². The number of nitrogens with zero attached hydrogens (tertiary/aromatic N) is 5. The lowest BCUT2D eigenvalue weighted by Gasteiger charge is -2.32. The van der Waals surface area contributed by atoms with Crippen molar-refractivity contribution in [2.75, 3.05) is 43.4 Å². The molecular formula is C15H19FN6. The summed E-state index contributed by atoms with van der Waals surface area (Å²) >= 11 is 0. The zero-order valence-corrected chi connectivity index (χ0v) is 12.5. The number of nitrogens with one attached hydrogen (secondary N) is 1. The molecule has 0 amide bonds. The van der Waals surface area contributed by atoms with E-state index in [1.807, 2.05) is 6.07 Å². The van der Waals surface area contributed by atoms with E-state index in [9.17, 15) is 4.39 Å². The van der Waals surface area contributed by atoms with Crippen LogP contribution in [0.5, 0.6) is 0 Å². The Morgan fingerprint density at radius 1 is 1.18 bits per heavy atom. The first-order valence-corrected chi connectivity index (χ1v) is 7.33. The third-order valence-electron chi connectivity index (χ3n) is 3.75. The van der Waals surface area contributed by atoms with Crippen LogP contribution >= 0.6 is 0 Å². The van der Waals surface area contributed by atoms with E-state index in [0.717, 1.165) is 26.2 Å². The molecule has 1 aromatic heterocycles. The number of benzene rings is 1. The molecule has 7 heteroatoms. The highest BCUT2D eigenvalue weighted by Crippen LogP contribution is 2.13. The maximum Gasteiger partial charge on any atom is 0.247 e. The summed E-state index contributed by atoms with van der Waals surface area (Å²) in [6.45, 7) is 4.10. The van der Waals surface area contributed by atoms with Crippen molar-refractivity contribution < 1.29 is 4.39 Å². The van der Waals surface area contributed by atoms with E-state index in [1.165, 1.54) is 6.07 Å². The minimum Gasteiger partial charge on any atom is -0.364 e. The summed E-state index contributed by atoms with van der Waals surface area (Å²) in [5.41, 5.74) is 0.599. The Balaban J connectivity index is 1.65. The van der Waals surface area contributed by atoms with Crippen LogP contribution in [0.25, 0.3) is 0 Å². The van der Waals surface area contributed by atoms with Crippen molar-refractivity contribution in [2.45, 2.75) is 6.54 Å². The molecule has 1 saturated heterocycles. The Hall–Kier alpha value is -2.28. The van der Waals surface area contributed by atoms with E-state index < -0.39 is 0 Å². The SMILES string of the molecule is CN1CCN(c2nncc(NCc3ccccc3F)n2)CC1. The molecule has 2 heterocycles. The van der Waals surface area contributed by atoms with Gasteiger partial charge in [0.15, 0.2) is 5.82 Å². The minimum atomic E-state index is -0.226. The molecule has 0 radical (unpaired) electrons. The van der Waals surface area contributed by atoms with Crippen molar-refractivity contribution in [3.63, 3.8) is 0 Å². The number of hydrogen-bond donors (Lipinski definition) is 1. The molecule has 2 aromatic rings. The average Bonchev–Trinajstić information content (AvgIpc) is 2.55. The fraction of sp³-hybridized carbons (Fsp3) is 0.400. The van der Waals surface area contributed by atoms with E-state index in [4.69, 9.17) is 0 Å². The van der Waals surface area contributed by atoms with Crippen LogP contribution < -0.4 is 10.2 Å². The molecule has 0 atom stereocenters. The minimum absolute atomic E-state index is 0.226. The normalized spacial score (nSPS) is 15.8. The van der Waals surface area contributed by atoms with Gasteiger partial charge in [0, 0.05) is 38.3 Å². The first-order valence-electron chi connectivity index (χ1n) is 7.33. The topological polar surface area (TPSA) is 57.2 Å². The van der Waals surface area contributed by atoms with Gasteiger partial charge in [-0.05, 0) is 13.1 Å². The van der Waals surface area contributed by atoms with E-state index >= 15 is 0 Å². The second kappa shape index (κ2) is 6.65. The molecule has 1 fully saturated rings. The average molecular weight is 302 g/mol. The molecule has 6 nitrogen and oxygen atoms in total. The number of halogens is 1. The Bertz CT molecular complexity index is 627. The van der Waals surface area contributed by atoms with Crippen molar-refractivity contribution in [1.29, 1.82) is 0 Å². The van der Waals surface area contributed by atoms with Crippen molar-refractivity contribution >= 4 is 11.8 Å². The highest BCUT2D eigenvalue weighted by atomic mass is 19.1. The zero-order valence-electron chi connectivity index (χ0n) is 12.5. The van der Waals surface area contributed by atoms with Gasteiger partial charge < -0.3 is 15.1 Å². The fourth-order valence-electron chi connectivity index (χ4n) is 2.35. The van der Waals surface area contributed by atoms with Crippen molar-refractivity contribution in [3.8, 4) is 0 Å². The third kappa shape index (κ3) is 3.48. The molecule has 1 aliphatic heterocycles. The van der Waals surface area contributed by atoms with Crippen LogP contribution in [0.15, 0.2) is 30.5 Å². The van der Waals surface area contributed by atoms with Crippen molar-refractivity contribution in [3.05, 3.63) is 41.8 Å². The number of anilines is 2. The highest BCUT2D eigenvalue weighted by molar-refractivity contribution is 5.40. The maximum absolute atomic E-state index is 13.6. The van der Waals surface area contributed by atoms with Crippen LogP contribution in [0.3, 0.4) is 0 Å². The number of piperazine rings is 1. The van der Waals surface area contributed by atoms with Crippen LogP contribution in [0, 0.1) is 5.82 Å². The molecule has 3 rings (SSSR count). The molecule has 0 unspecified atom stereocenters. The Labute approximate surface area is 129 Å². The van der Waals surface area contributed by atoms with E-state index in [0.29, 0.717) is 23.9 Å². The molecule has 116 valence electrons. The first-order chi connectivity index (χ1) is 10.7. The van der Waals surface area contributed by atoms with E-state index in [1.54, 1.807) is 18.3 Å². The lowest BCUT2D eigenvalue weighted by molar-refractivity contribution is 0.311. The van der Waals surface area contributed by atoms with Gasteiger partial charge in [-0.2, -0.15) is 10.1 Å². The van der Waals surface area contributed by atoms with Gasteiger partial charge in [0.2, 0.25) is 5.95 Å². The van der Waals surface area contributed by atoms with Crippen LogP contribution in [0.4, 0.5) is 16.2 Å². The Morgan fingerprint density at radius 2 is 1.95 bits per heavy atom. The summed E-state index contributed by atoms with van der Waals surface area (Å²) in [6, 6.07) is 6.69. The van der Waals surface area contributed by atoms with Crippen LogP contribution in [0.1, 0.15) is 5.56 Å². The fourth-order valence-corrected chi connectivity index (χ4v) is 2.35. The summed E-state index contributed by atoms with van der Waals surface area (Å²) in [7, 11) is 2.10. The number of likely N-dealkylation sites (N-methyl/N-ethyl adjacent to an activating group) is 1. The molecular weight excluding hydrogens is 283 g/mol. The van der Waals surface area contributed by atoms with E-state index in [-0.39, 0.29) is 5.82 Å². The number of hydrogen-bond acceptors (Lipinski definition) is 6. The standard InChI is InChI=1S/C15H19FN6/c1-21-6-8-22(9-7-21)15-19-14(11-18-20-15)17-10-12-4-2-3-5-13(12)16/h2-5,11H,6-10H2,1H3,(H,17,19,20). The molecule has 0 aliphatic carbocycles. The lowest BCUT2D eigenvalue weighted by Crippen LogP contribution is -2.45. The van der Waals surface area contributed by atoms with Gasteiger partial charge in [0.1, 0.15) is 5.82 Å². The maximum atomic E-state index is 13.6. The molecule has 0 spiro atoms. The van der Waals surface area contributed by atoms with Gasteiger partial charge in [-0.1, -0.05) is 18.2 Å². The highest BCUT2D eigenvalue weighted by Gasteiger charge is 2.17. The lowest BCUT2D eigenvalue weighted by atomic mass is 10.2. The monoisotopic (exact) mass is 302 g/mol. The Morgan fingerprint density at radius 3 is 2.73 bits per heavy atom. The van der Waals surface area contributed by atoms with Gasteiger partial charge >= 0.3 is 0 Å². The Kier molecular flexibility index (Phi) is 4.43. The summed E-state index contributed by atoms with van der Waals surface area (Å²) in [5.74, 6) is 0.995. The van der Waals surface area contributed by atoms with Crippen molar-refractivity contribution in [2.24, 2.45) is 0 Å². The van der Waals surface area contributed by atoms with Crippen molar-refractivity contribution in [1.82, 2.24) is 20.1 Å². The first kappa shape index (κ1) is 14.6. The molecule has 0 saturated carbocycles. The van der Waals surface area contributed by atoms with Gasteiger partial charge in [-0.25, -0.2) is 4.39 Å². The molecule has 0 bridgehead atoms. The summed E-state index contributed by atoms with van der Waals surface area (Å²) in [6.07, 6.45) is 1.56. The molecule has 1 aliphatic rings. The third-order valence-corrected chi connectivity index (χ3v) is 3.75. The smallest absolute Gasteiger partial charge is 0.247 e. The summed E-state index contributed by atoms with van der Waals surface area (Å²) in [4.78, 5) is 8.85. The summed E-state index contributed by atoms with van der Waals surface area (Å²) in [5, 5.41) is 11.2. The molecule has 1 N–H and O–H groups in total. The number of rotatable bonds is 4. The van der Waals surface area contributed by atoms with Crippen LogP contribution in [-0.2, 0) is 6.54 Å². The second-order valence-electron chi connectivity index (χ2n) is 5.38. The van der Waals surface area contributed by atoms with Gasteiger partial charge in [-0.15, -0.1) is 5.10 Å². The predicted octanol–water partition coefficient (Wildman–Crippen LogP) is 1.37. The predicted molar refractivity (Wildman–Crippen MR) is 83.3 cm³/mol. The largest absolute Gasteiger partial charge is 0.364 e. The van der Waals surface area contributed by atoms with Crippen LogP contribution in [0.2, 0.25) is 0 Å². The quantitative estimate of drug-likeness (QED) is 0.921. The zero-order chi connectivity index (χ0) is 15.4. The molecule has 22 heavy (non-hydrogen) atoms. The van der Waals surface area contributed by atoms with Gasteiger partial charge in [-0.3, -0.25) is 0 Å². The van der Waals surface area contributed by atoms with Gasteiger partial charge in [0.25, 0.3) is 0 Å².